The Labute approximate surface area is 159 Å². The van der Waals surface area contributed by atoms with Crippen LogP contribution in [-0.2, 0) is 6.54 Å². The third kappa shape index (κ3) is 2.90. The minimum atomic E-state index is -1.32. The maximum atomic E-state index is 15.0. The summed E-state index contributed by atoms with van der Waals surface area (Å²) in [5.74, 6) is -1.85. The number of aliphatic hydroxyl groups excluding tert-OH is 1. The molecule has 146 valence electrons. The number of aryl methyl sites for hydroxylation is 1. The van der Waals surface area contributed by atoms with Crippen LogP contribution in [0.3, 0.4) is 0 Å². The molecule has 1 fully saturated rings. The van der Waals surface area contributed by atoms with Gasteiger partial charge in [0.2, 0.25) is 5.43 Å². The van der Waals surface area contributed by atoms with Gasteiger partial charge in [-0.05, 0) is 31.9 Å². The van der Waals surface area contributed by atoms with Gasteiger partial charge >= 0.3 is 5.97 Å². The molecule has 0 saturated carbocycles. The molecule has 1 unspecified atom stereocenters. The molecule has 4 rings (SSSR count). The number of fused-ring (bicyclic) bond motifs is 3. The van der Waals surface area contributed by atoms with Gasteiger partial charge in [-0.2, -0.15) is 0 Å². The van der Waals surface area contributed by atoms with Gasteiger partial charge in [-0.25, -0.2) is 9.18 Å². The van der Waals surface area contributed by atoms with Crippen LogP contribution >= 0.6 is 0 Å². The molecule has 1 atom stereocenters. The molecule has 8 heteroatoms. The predicted molar refractivity (Wildman–Crippen MR) is 104 cm³/mol. The fourth-order valence-corrected chi connectivity index (χ4v) is 3.90. The van der Waals surface area contributed by atoms with E-state index in [4.69, 9.17) is 0 Å². The van der Waals surface area contributed by atoms with Crippen molar-refractivity contribution >= 4 is 33.5 Å². The van der Waals surface area contributed by atoms with Gasteiger partial charge in [0, 0.05) is 31.2 Å². The molecule has 0 amide bonds. The van der Waals surface area contributed by atoms with E-state index in [0.717, 1.165) is 6.42 Å². The lowest BCUT2D eigenvalue weighted by molar-refractivity contribution is 0.0695. The fourth-order valence-electron chi connectivity index (χ4n) is 3.90. The van der Waals surface area contributed by atoms with E-state index in [1.165, 1.54) is 18.5 Å². The molecule has 1 aliphatic rings. The molecule has 7 nitrogen and oxygen atoms in total. The van der Waals surface area contributed by atoms with Crippen molar-refractivity contribution in [2.75, 3.05) is 18.0 Å². The van der Waals surface area contributed by atoms with Crippen LogP contribution in [0.15, 0.2) is 29.3 Å². The lowest BCUT2D eigenvalue weighted by Gasteiger charge is -2.32. The first kappa shape index (κ1) is 18.4. The molecular formula is C20H20FN3O4. The summed E-state index contributed by atoms with van der Waals surface area (Å²) in [7, 11) is 0. The number of rotatable bonds is 3. The molecule has 3 heterocycles. The van der Waals surface area contributed by atoms with E-state index in [1.54, 1.807) is 15.5 Å². The second kappa shape index (κ2) is 6.87. The number of aromatic nitrogens is 2. The number of hydrogen-bond acceptors (Lipinski definition) is 5. The minimum Gasteiger partial charge on any atom is -0.477 e. The Morgan fingerprint density at radius 1 is 1.39 bits per heavy atom. The van der Waals surface area contributed by atoms with Gasteiger partial charge in [-0.3, -0.25) is 9.78 Å². The number of carboxylic acids is 1. The number of hydrogen-bond donors (Lipinski definition) is 2. The monoisotopic (exact) mass is 385 g/mol. The van der Waals surface area contributed by atoms with E-state index in [2.05, 4.69) is 4.98 Å². The number of halogens is 1. The van der Waals surface area contributed by atoms with Crippen molar-refractivity contribution < 1.29 is 19.4 Å². The number of piperidine rings is 1. The van der Waals surface area contributed by atoms with Crippen molar-refractivity contribution in [2.45, 2.75) is 32.4 Å². The topological polar surface area (TPSA) is 95.7 Å². The zero-order chi connectivity index (χ0) is 20.0. The van der Waals surface area contributed by atoms with Crippen LogP contribution in [0.2, 0.25) is 0 Å². The van der Waals surface area contributed by atoms with Gasteiger partial charge < -0.3 is 19.7 Å². The summed E-state index contributed by atoms with van der Waals surface area (Å²) in [6.07, 6.45) is 3.74. The largest absolute Gasteiger partial charge is 0.477 e. The van der Waals surface area contributed by atoms with E-state index in [1.807, 2.05) is 6.92 Å². The van der Waals surface area contributed by atoms with Crippen LogP contribution in [0, 0.1) is 5.82 Å². The SMILES string of the molecule is CCn1cc(C(=O)O)c(=O)c2c3cc(F)c(N4CCCC(O)C4)cc3ncc21. The van der Waals surface area contributed by atoms with Crippen LogP contribution in [-0.4, -0.2) is 44.9 Å². The van der Waals surface area contributed by atoms with Gasteiger partial charge in [-0.1, -0.05) is 0 Å². The maximum absolute atomic E-state index is 15.0. The molecule has 1 aliphatic heterocycles. The highest BCUT2D eigenvalue weighted by molar-refractivity contribution is 6.07. The molecule has 3 aromatic rings. The highest BCUT2D eigenvalue weighted by Crippen LogP contribution is 2.30. The number of benzene rings is 1. The van der Waals surface area contributed by atoms with Crippen molar-refractivity contribution in [3.8, 4) is 0 Å². The summed E-state index contributed by atoms with van der Waals surface area (Å²) in [5.41, 5.74) is 0.186. The molecule has 0 bridgehead atoms. The van der Waals surface area contributed by atoms with Crippen LogP contribution in [0.5, 0.6) is 0 Å². The van der Waals surface area contributed by atoms with E-state index in [-0.39, 0.29) is 16.3 Å². The van der Waals surface area contributed by atoms with Crippen LogP contribution < -0.4 is 10.3 Å². The normalized spacial score (nSPS) is 17.4. The standard InChI is InChI=1S/C20H20FN3O4/c1-2-23-10-13(20(27)28)19(26)18-12-6-14(21)16(7-15(12)22-8-17(18)23)24-5-3-4-11(25)9-24/h6-8,10-11,25H,2-5,9H2,1H3,(H,27,28). The minimum absolute atomic E-state index is 0.149. The molecule has 0 aliphatic carbocycles. The van der Waals surface area contributed by atoms with Crippen molar-refractivity contribution in [1.29, 1.82) is 0 Å². The highest BCUT2D eigenvalue weighted by Gasteiger charge is 2.23. The number of aliphatic hydroxyl groups is 1. The molecule has 2 aromatic heterocycles. The first-order valence-corrected chi connectivity index (χ1v) is 9.22. The Morgan fingerprint density at radius 2 is 2.18 bits per heavy atom. The highest BCUT2D eigenvalue weighted by atomic mass is 19.1. The number of nitrogens with zero attached hydrogens (tertiary/aromatic N) is 3. The number of aromatic carboxylic acids is 1. The van der Waals surface area contributed by atoms with E-state index in [0.29, 0.717) is 42.8 Å². The first-order valence-electron chi connectivity index (χ1n) is 9.22. The van der Waals surface area contributed by atoms with Crippen LogP contribution in [0.25, 0.3) is 21.8 Å². The lowest BCUT2D eigenvalue weighted by atomic mass is 10.0. The summed E-state index contributed by atoms with van der Waals surface area (Å²) in [6.45, 7) is 3.22. The summed E-state index contributed by atoms with van der Waals surface area (Å²) in [5, 5.41) is 19.7. The van der Waals surface area contributed by atoms with Crippen molar-refractivity contribution in [3.05, 3.63) is 46.1 Å². The fraction of sp³-hybridized carbons (Fsp3) is 0.350. The average molecular weight is 385 g/mol. The van der Waals surface area contributed by atoms with Crippen molar-refractivity contribution in [1.82, 2.24) is 9.55 Å². The Kier molecular flexibility index (Phi) is 4.50. The number of pyridine rings is 2. The Balaban J connectivity index is 2.00. The van der Waals surface area contributed by atoms with Gasteiger partial charge in [0.1, 0.15) is 11.4 Å². The Hall–Kier alpha value is -3.00. The second-order valence-corrected chi connectivity index (χ2v) is 7.04. The molecule has 1 saturated heterocycles. The maximum Gasteiger partial charge on any atom is 0.341 e. The van der Waals surface area contributed by atoms with Gasteiger partial charge in [0.25, 0.3) is 0 Å². The molecule has 0 spiro atoms. The zero-order valence-corrected chi connectivity index (χ0v) is 15.4. The molecule has 1 aromatic carbocycles. The second-order valence-electron chi connectivity index (χ2n) is 7.04. The predicted octanol–water partition coefficient (Wildman–Crippen LogP) is 2.37. The molecule has 28 heavy (non-hydrogen) atoms. The molecule has 2 N–H and O–H groups in total. The van der Waals surface area contributed by atoms with E-state index in [9.17, 15) is 24.2 Å². The Morgan fingerprint density at radius 3 is 2.86 bits per heavy atom. The van der Waals surface area contributed by atoms with Crippen molar-refractivity contribution in [2.24, 2.45) is 0 Å². The first-order chi connectivity index (χ1) is 13.4. The smallest absolute Gasteiger partial charge is 0.341 e. The van der Waals surface area contributed by atoms with Gasteiger partial charge in [0.05, 0.1) is 34.4 Å². The van der Waals surface area contributed by atoms with Gasteiger partial charge in [0.15, 0.2) is 0 Å². The van der Waals surface area contributed by atoms with Gasteiger partial charge in [-0.15, -0.1) is 0 Å². The summed E-state index contributed by atoms with van der Waals surface area (Å²) in [6, 6.07) is 2.80. The van der Waals surface area contributed by atoms with Crippen molar-refractivity contribution in [3.63, 3.8) is 0 Å². The zero-order valence-electron chi connectivity index (χ0n) is 15.4. The summed E-state index contributed by atoms with van der Waals surface area (Å²) >= 11 is 0. The third-order valence-electron chi connectivity index (χ3n) is 5.29. The number of β-amino-alcohol motifs (C(OH)–C–C–N with tert-alkyl or cyclic N) is 1. The quantitative estimate of drug-likeness (QED) is 0.672. The lowest BCUT2D eigenvalue weighted by Crippen LogP contribution is -2.38. The van der Waals surface area contributed by atoms with E-state index >= 15 is 0 Å². The average Bonchev–Trinajstić information content (AvgIpc) is 2.67. The van der Waals surface area contributed by atoms with E-state index < -0.39 is 23.3 Å². The molecular weight excluding hydrogens is 365 g/mol. The summed E-state index contributed by atoms with van der Waals surface area (Å²) < 4.78 is 16.6. The Bertz CT molecular complexity index is 1160. The third-order valence-corrected chi connectivity index (χ3v) is 5.29. The van der Waals surface area contributed by atoms with Crippen LogP contribution in [0.4, 0.5) is 10.1 Å². The van der Waals surface area contributed by atoms with Crippen LogP contribution in [0.1, 0.15) is 30.1 Å². The number of carbonyl (C=O) groups is 1. The number of anilines is 1. The molecule has 0 radical (unpaired) electrons. The number of carboxylic acid groups (broad SMARTS) is 1. The summed E-state index contributed by atoms with van der Waals surface area (Å²) in [4.78, 5) is 30.5.